The third-order valence-corrected chi connectivity index (χ3v) is 4.58. The van der Waals surface area contributed by atoms with Gasteiger partial charge in [-0.2, -0.15) is 0 Å². The second-order valence-electron chi connectivity index (χ2n) is 5.85. The fraction of sp³-hybridized carbons (Fsp3) is 0.222. The molecule has 6 heteroatoms. The number of hydrogen-bond acceptors (Lipinski definition) is 2. The van der Waals surface area contributed by atoms with E-state index in [4.69, 9.17) is 23.2 Å². The van der Waals surface area contributed by atoms with Gasteiger partial charge in [-0.25, -0.2) is 0 Å². The zero-order valence-electron chi connectivity index (χ0n) is 13.1. The van der Waals surface area contributed by atoms with Crippen molar-refractivity contribution in [3.63, 3.8) is 0 Å². The maximum atomic E-state index is 12.4. The predicted molar refractivity (Wildman–Crippen MR) is 96.7 cm³/mol. The van der Waals surface area contributed by atoms with Crippen LogP contribution in [0, 0.1) is 12.8 Å². The molecule has 1 atom stereocenters. The van der Waals surface area contributed by atoms with Crippen LogP contribution in [0.1, 0.15) is 12.0 Å². The Bertz CT molecular complexity index is 790. The summed E-state index contributed by atoms with van der Waals surface area (Å²) in [6, 6.07) is 12.6. The highest BCUT2D eigenvalue weighted by molar-refractivity contribution is 6.36. The molecule has 0 saturated carbocycles. The monoisotopic (exact) mass is 362 g/mol. The molecule has 2 aromatic carbocycles. The van der Waals surface area contributed by atoms with E-state index in [0.29, 0.717) is 22.3 Å². The van der Waals surface area contributed by atoms with Gasteiger partial charge in [0.25, 0.3) is 0 Å². The van der Waals surface area contributed by atoms with Crippen molar-refractivity contribution in [1.29, 1.82) is 0 Å². The number of anilines is 2. The molecule has 1 heterocycles. The van der Waals surface area contributed by atoms with Crippen LogP contribution in [0.15, 0.2) is 42.5 Å². The molecule has 1 aliphatic heterocycles. The lowest BCUT2D eigenvalue weighted by Gasteiger charge is -2.17. The van der Waals surface area contributed by atoms with Crippen molar-refractivity contribution in [2.45, 2.75) is 13.3 Å². The molecule has 1 fully saturated rings. The summed E-state index contributed by atoms with van der Waals surface area (Å²) in [7, 11) is 0. The Balaban J connectivity index is 1.70. The number of carbonyl (C=O) groups excluding carboxylic acids is 2. The van der Waals surface area contributed by atoms with Crippen molar-refractivity contribution in [3.05, 3.63) is 58.1 Å². The zero-order valence-corrected chi connectivity index (χ0v) is 14.6. The molecule has 0 unspecified atom stereocenters. The smallest absolute Gasteiger partial charge is 0.229 e. The summed E-state index contributed by atoms with van der Waals surface area (Å²) in [5.41, 5.74) is 2.43. The first-order valence-electron chi connectivity index (χ1n) is 7.57. The topological polar surface area (TPSA) is 49.4 Å². The first-order valence-corrected chi connectivity index (χ1v) is 8.32. The van der Waals surface area contributed by atoms with E-state index in [-0.39, 0.29) is 18.2 Å². The number of aryl methyl sites for hydroxylation is 1. The van der Waals surface area contributed by atoms with Crippen molar-refractivity contribution in [1.82, 2.24) is 0 Å². The number of benzene rings is 2. The second-order valence-corrected chi connectivity index (χ2v) is 6.70. The molecule has 0 aromatic heterocycles. The van der Waals surface area contributed by atoms with Gasteiger partial charge in [0.15, 0.2) is 0 Å². The van der Waals surface area contributed by atoms with Crippen LogP contribution in [-0.4, -0.2) is 18.4 Å². The predicted octanol–water partition coefficient (Wildman–Crippen LogP) is 4.29. The fourth-order valence-corrected chi connectivity index (χ4v) is 3.14. The van der Waals surface area contributed by atoms with Crippen LogP contribution in [0.5, 0.6) is 0 Å². The molecule has 0 bridgehead atoms. The molecule has 1 N–H and O–H groups in total. The normalized spacial score (nSPS) is 17.2. The minimum Gasteiger partial charge on any atom is -0.324 e. The summed E-state index contributed by atoms with van der Waals surface area (Å²) in [4.78, 5) is 26.3. The van der Waals surface area contributed by atoms with E-state index in [2.05, 4.69) is 5.32 Å². The van der Waals surface area contributed by atoms with Crippen molar-refractivity contribution >= 4 is 46.4 Å². The fourth-order valence-electron chi connectivity index (χ4n) is 2.68. The van der Waals surface area contributed by atoms with Gasteiger partial charge in [0.05, 0.1) is 16.6 Å². The molecule has 3 rings (SSSR count). The van der Waals surface area contributed by atoms with Crippen LogP contribution in [-0.2, 0) is 9.59 Å². The van der Waals surface area contributed by atoms with Crippen molar-refractivity contribution < 1.29 is 9.59 Å². The van der Waals surface area contributed by atoms with Gasteiger partial charge in [0.1, 0.15) is 0 Å². The number of nitrogens with one attached hydrogen (secondary N) is 1. The Labute approximate surface area is 150 Å². The van der Waals surface area contributed by atoms with Crippen LogP contribution >= 0.6 is 23.2 Å². The third kappa shape index (κ3) is 3.55. The van der Waals surface area contributed by atoms with Crippen LogP contribution in [0.2, 0.25) is 10.0 Å². The average Bonchev–Trinajstić information content (AvgIpc) is 2.93. The van der Waals surface area contributed by atoms with Gasteiger partial charge in [0, 0.05) is 23.7 Å². The summed E-state index contributed by atoms with van der Waals surface area (Å²) < 4.78 is 0. The average molecular weight is 363 g/mol. The molecule has 2 aromatic rings. The van der Waals surface area contributed by atoms with Crippen LogP contribution < -0.4 is 10.2 Å². The summed E-state index contributed by atoms with van der Waals surface area (Å²) in [5.74, 6) is -0.686. The Kier molecular flexibility index (Phi) is 4.78. The standard InChI is InChI=1S/C18H16Cl2N2O2/c1-11-2-5-14(6-3-11)22-10-12(8-17(22)23)18(24)21-16-7-4-13(19)9-15(16)20/h2-7,9,12H,8,10H2,1H3,(H,21,24)/t12-/m0/s1. The van der Waals surface area contributed by atoms with E-state index in [1.807, 2.05) is 31.2 Å². The highest BCUT2D eigenvalue weighted by Crippen LogP contribution is 2.29. The van der Waals surface area contributed by atoms with Crippen molar-refractivity contribution in [2.24, 2.45) is 5.92 Å². The molecule has 0 spiro atoms. The lowest BCUT2D eigenvalue weighted by atomic mass is 10.1. The Morgan fingerprint density at radius 1 is 1.17 bits per heavy atom. The molecule has 0 aliphatic carbocycles. The lowest BCUT2D eigenvalue weighted by molar-refractivity contribution is -0.122. The van der Waals surface area contributed by atoms with Gasteiger partial charge in [-0.05, 0) is 37.3 Å². The third-order valence-electron chi connectivity index (χ3n) is 4.03. The first kappa shape index (κ1) is 16.8. The maximum absolute atomic E-state index is 12.4. The molecule has 2 amide bonds. The molecule has 1 saturated heterocycles. The number of carbonyl (C=O) groups is 2. The van der Waals surface area contributed by atoms with Crippen molar-refractivity contribution in [3.8, 4) is 0 Å². The van der Waals surface area contributed by atoms with Gasteiger partial charge in [0.2, 0.25) is 11.8 Å². The molecule has 1 aliphatic rings. The van der Waals surface area contributed by atoms with Crippen LogP contribution in [0.3, 0.4) is 0 Å². The van der Waals surface area contributed by atoms with E-state index in [1.165, 1.54) is 0 Å². The van der Waals surface area contributed by atoms with E-state index in [9.17, 15) is 9.59 Å². The highest BCUT2D eigenvalue weighted by atomic mass is 35.5. The van der Waals surface area contributed by atoms with E-state index >= 15 is 0 Å². The molecule has 124 valence electrons. The van der Waals surface area contributed by atoms with E-state index in [0.717, 1.165) is 11.3 Å². The van der Waals surface area contributed by atoms with Gasteiger partial charge in [-0.3, -0.25) is 9.59 Å². The summed E-state index contributed by atoms with van der Waals surface area (Å²) in [6.07, 6.45) is 0.185. The van der Waals surface area contributed by atoms with E-state index < -0.39 is 5.92 Å². The zero-order chi connectivity index (χ0) is 17.3. The SMILES string of the molecule is Cc1ccc(N2C[C@@H](C(=O)Nc3ccc(Cl)cc3Cl)CC2=O)cc1. The summed E-state index contributed by atoms with van der Waals surface area (Å²) in [6.45, 7) is 2.35. The van der Waals surface area contributed by atoms with Gasteiger partial charge in [-0.15, -0.1) is 0 Å². The number of halogens is 2. The summed E-state index contributed by atoms with van der Waals surface area (Å²) >= 11 is 11.9. The minimum absolute atomic E-state index is 0.0544. The van der Waals surface area contributed by atoms with Crippen LogP contribution in [0.4, 0.5) is 11.4 Å². The largest absolute Gasteiger partial charge is 0.324 e. The van der Waals surface area contributed by atoms with Crippen molar-refractivity contribution in [2.75, 3.05) is 16.8 Å². The van der Waals surface area contributed by atoms with Gasteiger partial charge in [-0.1, -0.05) is 40.9 Å². The van der Waals surface area contributed by atoms with E-state index in [1.54, 1.807) is 23.1 Å². The molecule has 24 heavy (non-hydrogen) atoms. The molecule has 0 radical (unpaired) electrons. The molecule has 4 nitrogen and oxygen atoms in total. The number of amides is 2. The Morgan fingerprint density at radius 3 is 2.54 bits per heavy atom. The first-order chi connectivity index (χ1) is 11.4. The maximum Gasteiger partial charge on any atom is 0.229 e. The second kappa shape index (κ2) is 6.83. The minimum atomic E-state index is -0.412. The lowest BCUT2D eigenvalue weighted by Crippen LogP contribution is -2.28. The number of nitrogens with zero attached hydrogens (tertiary/aromatic N) is 1. The summed E-state index contributed by atoms with van der Waals surface area (Å²) in [5, 5.41) is 3.64. The number of rotatable bonds is 3. The Hall–Kier alpha value is -2.04. The highest BCUT2D eigenvalue weighted by Gasteiger charge is 2.35. The van der Waals surface area contributed by atoms with Gasteiger partial charge < -0.3 is 10.2 Å². The Morgan fingerprint density at radius 2 is 1.88 bits per heavy atom. The quantitative estimate of drug-likeness (QED) is 0.884. The number of hydrogen-bond donors (Lipinski definition) is 1. The molecular weight excluding hydrogens is 347 g/mol. The van der Waals surface area contributed by atoms with Gasteiger partial charge >= 0.3 is 0 Å². The van der Waals surface area contributed by atoms with Crippen LogP contribution in [0.25, 0.3) is 0 Å². The molecular formula is C18H16Cl2N2O2.